The molecule has 8 nitrogen and oxygen atoms in total. The van der Waals surface area contributed by atoms with Gasteiger partial charge < -0.3 is 25.6 Å². The highest BCUT2D eigenvalue weighted by Gasteiger charge is 2.38. The summed E-state index contributed by atoms with van der Waals surface area (Å²) in [6.45, 7) is 3.40. The Morgan fingerprint density at radius 3 is 2.70 bits per heavy atom. The number of carbonyl (C=O) groups excluding carboxylic acids is 1. The molecule has 178 valence electrons. The smallest absolute Gasteiger partial charge is 0.378 e. The minimum absolute atomic E-state index is 0.0748. The van der Waals surface area contributed by atoms with E-state index in [1.165, 1.54) is 0 Å². The van der Waals surface area contributed by atoms with Gasteiger partial charge in [0, 0.05) is 49.3 Å². The zero-order valence-electron chi connectivity index (χ0n) is 18.1. The molecule has 1 aliphatic carbocycles. The molecule has 0 radical (unpaired) electrons. The van der Waals surface area contributed by atoms with Crippen LogP contribution in [-0.2, 0) is 9.53 Å². The summed E-state index contributed by atoms with van der Waals surface area (Å²) in [5.41, 5.74) is 2.96. The Hall–Kier alpha value is -3.08. The molecule has 1 saturated carbocycles. The molecule has 2 aromatic rings. The third kappa shape index (κ3) is 6.47. The summed E-state index contributed by atoms with van der Waals surface area (Å²) in [5, 5.41) is 8.31. The summed E-state index contributed by atoms with van der Waals surface area (Å²) in [7, 11) is 0. The monoisotopic (exact) mass is 464 g/mol. The molecule has 0 spiro atoms. The molecule has 2 aliphatic rings. The Labute approximate surface area is 189 Å². The van der Waals surface area contributed by atoms with Gasteiger partial charge in [-0.05, 0) is 43.4 Å². The van der Waals surface area contributed by atoms with Crippen molar-refractivity contribution in [1.82, 2.24) is 15.3 Å². The number of aromatic nitrogens is 2. The zero-order valence-corrected chi connectivity index (χ0v) is 18.1. The van der Waals surface area contributed by atoms with Gasteiger partial charge in [0.2, 0.25) is 5.95 Å². The lowest BCUT2D eigenvalue weighted by molar-refractivity contribution is -0.173. The van der Waals surface area contributed by atoms with Gasteiger partial charge in [-0.3, -0.25) is 4.79 Å². The average molecular weight is 464 g/mol. The van der Waals surface area contributed by atoms with Crippen molar-refractivity contribution >= 4 is 29.0 Å². The number of benzene rings is 1. The van der Waals surface area contributed by atoms with Crippen molar-refractivity contribution in [3.63, 3.8) is 0 Å². The van der Waals surface area contributed by atoms with Crippen LogP contribution >= 0.6 is 0 Å². The molecule has 0 atom stereocenters. The molecule has 4 rings (SSSR count). The number of anilines is 4. The standard InChI is InChI=1S/C22H27F3N6O2/c23-22(24,25)20(32)27-8-2-7-26-19-18(15-5-6-15)14-28-21(30-19)29-16-3-1-4-17(13-16)31-9-11-33-12-10-31/h1,3-4,13-15H,2,5-12H2,(H,27,32)(H2,26,28,29,30). The maximum absolute atomic E-state index is 12.3. The van der Waals surface area contributed by atoms with Crippen LogP contribution in [0.3, 0.4) is 0 Å². The van der Waals surface area contributed by atoms with Crippen molar-refractivity contribution in [2.75, 3.05) is 54.9 Å². The lowest BCUT2D eigenvalue weighted by atomic mass is 10.2. The molecular formula is C22H27F3N6O2. The van der Waals surface area contributed by atoms with Crippen molar-refractivity contribution in [3.05, 3.63) is 36.0 Å². The molecule has 11 heteroatoms. The van der Waals surface area contributed by atoms with Crippen molar-refractivity contribution in [2.45, 2.75) is 31.4 Å². The van der Waals surface area contributed by atoms with E-state index < -0.39 is 12.1 Å². The summed E-state index contributed by atoms with van der Waals surface area (Å²) in [4.78, 5) is 22.2. The topological polar surface area (TPSA) is 91.4 Å². The Morgan fingerprint density at radius 2 is 1.97 bits per heavy atom. The summed E-state index contributed by atoms with van der Waals surface area (Å²) in [5.74, 6) is -0.419. The Kier molecular flexibility index (Phi) is 7.17. The number of halogens is 3. The molecule has 0 bridgehead atoms. The van der Waals surface area contributed by atoms with Crippen LogP contribution in [0.5, 0.6) is 0 Å². The van der Waals surface area contributed by atoms with E-state index in [1.807, 2.05) is 23.5 Å². The summed E-state index contributed by atoms with van der Waals surface area (Å²) >= 11 is 0. The maximum atomic E-state index is 12.3. The van der Waals surface area contributed by atoms with E-state index in [0.29, 0.717) is 43.9 Å². The molecule has 1 aromatic heterocycles. The van der Waals surface area contributed by atoms with Crippen LogP contribution in [0.25, 0.3) is 0 Å². The van der Waals surface area contributed by atoms with Gasteiger partial charge in [-0.1, -0.05) is 6.07 Å². The molecular weight excluding hydrogens is 437 g/mol. The summed E-state index contributed by atoms with van der Waals surface area (Å²) in [6, 6.07) is 8.01. The van der Waals surface area contributed by atoms with Crippen molar-refractivity contribution in [3.8, 4) is 0 Å². The number of rotatable bonds is 9. The van der Waals surface area contributed by atoms with Gasteiger partial charge in [-0.25, -0.2) is 4.98 Å². The van der Waals surface area contributed by atoms with Crippen LogP contribution < -0.4 is 20.9 Å². The zero-order chi connectivity index (χ0) is 23.3. The van der Waals surface area contributed by atoms with Gasteiger partial charge >= 0.3 is 12.1 Å². The number of hydrogen-bond acceptors (Lipinski definition) is 7. The second-order valence-electron chi connectivity index (χ2n) is 8.08. The van der Waals surface area contributed by atoms with E-state index in [9.17, 15) is 18.0 Å². The normalized spacial score (nSPS) is 16.4. The number of carbonyl (C=O) groups is 1. The highest BCUT2D eigenvalue weighted by Crippen LogP contribution is 2.42. The first-order chi connectivity index (χ1) is 15.9. The third-order valence-electron chi connectivity index (χ3n) is 5.50. The van der Waals surface area contributed by atoms with E-state index in [4.69, 9.17) is 4.74 Å². The Bertz CT molecular complexity index is 961. The molecule has 0 unspecified atom stereocenters. The molecule has 33 heavy (non-hydrogen) atoms. The Balaban J connectivity index is 1.37. The second kappa shape index (κ2) is 10.2. The van der Waals surface area contributed by atoms with Crippen LogP contribution in [-0.4, -0.2) is 61.4 Å². The fourth-order valence-corrected chi connectivity index (χ4v) is 3.61. The average Bonchev–Trinajstić information content (AvgIpc) is 3.64. The summed E-state index contributed by atoms with van der Waals surface area (Å²) < 4.78 is 42.2. The summed E-state index contributed by atoms with van der Waals surface area (Å²) in [6.07, 6.45) is -0.603. The predicted molar refractivity (Wildman–Crippen MR) is 119 cm³/mol. The van der Waals surface area contributed by atoms with Gasteiger partial charge in [-0.15, -0.1) is 0 Å². The van der Waals surface area contributed by atoms with Crippen LogP contribution in [0.1, 0.15) is 30.7 Å². The number of morpholine rings is 1. The van der Waals surface area contributed by atoms with E-state index in [2.05, 4.69) is 31.6 Å². The molecule has 3 N–H and O–H groups in total. The van der Waals surface area contributed by atoms with Crippen LogP contribution in [0.15, 0.2) is 30.5 Å². The molecule has 2 fully saturated rings. The van der Waals surface area contributed by atoms with Gasteiger partial charge in [0.15, 0.2) is 0 Å². The number of nitrogens with zero attached hydrogens (tertiary/aromatic N) is 3. The molecule has 2 heterocycles. The lowest BCUT2D eigenvalue weighted by Crippen LogP contribution is -2.37. The number of amides is 1. The minimum atomic E-state index is -4.86. The molecule has 1 aromatic carbocycles. The first-order valence-corrected chi connectivity index (χ1v) is 11.1. The largest absolute Gasteiger partial charge is 0.471 e. The highest BCUT2D eigenvalue weighted by atomic mass is 19.4. The highest BCUT2D eigenvalue weighted by molar-refractivity contribution is 5.81. The molecule has 1 saturated heterocycles. The quantitative estimate of drug-likeness (QED) is 0.490. The fourth-order valence-electron chi connectivity index (χ4n) is 3.61. The van der Waals surface area contributed by atoms with Gasteiger partial charge in [0.05, 0.1) is 13.2 Å². The maximum Gasteiger partial charge on any atom is 0.471 e. The van der Waals surface area contributed by atoms with Gasteiger partial charge in [0.25, 0.3) is 0 Å². The second-order valence-corrected chi connectivity index (χ2v) is 8.08. The van der Waals surface area contributed by atoms with Crippen LogP contribution in [0.4, 0.5) is 36.3 Å². The van der Waals surface area contributed by atoms with Crippen molar-refractivity contribution < 1.29 is 22.7 Å². The predicted octanol–water partition coefficient (Wildman–Crippen LogP) is 3.41. The first-order valence-electron chi connectivity index (χ1n) is 11.1. The number of hydrogen-bond donors (Lipinski definition) is 3. The number of ether oxygens (including phenoxy) is 1. The molecule has 1 amide bonds. The van der Waals surface area contributed by atoms with Crippen molar-refractivity contribution in [2.24, 2.45) is 0 Å². The third-order valence-corrected chi connectivity index (χ3v) is 5.50. The SMILES string of the molecule is O=C(NCCCNc1nc(Nc2cccc(N3CCOCC3)c2)ncc1C1CC1)C(F)(F)F. The van der Waals surface area contributed by atoms with E-state index in [1.54, 1.807) is 6.20 Å². The van der Waals surface area contributed by atoms with Crippen LogP contribution in [0.2, 0.25) is 0 Å². The number of alkyl halides is 3. The van der Waals surface area contributed by atoms with Gasteiger partial charge in [0.1, 0.15) is 5.82 Å². The van der Waals surface area contributed by atoms with E-state index >= 15 is 0 Å². The van der Waals surface area contributed by atoms with Gasteiger partial charge in [-0.2, -0.15) is 18.2 Å². The lowest BCUT2D eigenvalue weighted by Gasteiger charge is -2.29. The fraction of sp³-hybridized carbons (Fsp3) is 0.500. The van der Waals surface area contributed by atoms with Crippen LogP contribution in [0, 0.1) is 0 Å². The van der Waals surface area contributed by atoms with Crippen molar-refractivity contribution in [1.29, 1.82) is 0 Å². The van der Waals surface area contributed by atoms with E-state index in [-0.39, 0.29) is 6.54 Å². The minimum Gasteiger partial charge on any atom is -0.378 e. The number of nitrogens with one attached hydrogen (secondary N) is 3. The Morgan fingerprint density at radius 1 is 1.18 bits per heavy atom. The molecule has 1 aliphatic heterocycles. The first kappa shape index (κ1) is 23.1. The van der Waals surface area contributed by atoms with E-state index in [0.717, 1.165) is 42.9 Å².